The maximum absolute atomic E-state index is 13.3. The lowest BCUT2D eigenvalue weighted by Gasteiger charge is -2.40. The quantitative estimate of drug-likeness (QED) is 0.00847. The molecule has 0 aromatic heterocycles. The van der Waals surface area contributed by atoms with Gasteiger partial charge < -0.3 is 101 Å². The normalized spacial score (nSPS) is 25.0. The lowest BCUT2D eigenvalue weighted by atomic mass is 9.92. The van der Waals surface area contributed by atoms with Crippen LogP contribution in [-0.4, -0.2) is 241 Å². The Morgan fingerprint density at radius 1 is 0.443 bits per heavy atom. The summed E-state index contributed by atoms with van der Waals surface area (Å²) in [5.41, 5.74) is 1.21. The van der Waals surface area contributed by atoms with Crippen LogP contribution >= 0.6 is 8.58 Å². The van der Waals surface area contributed by atoms with Gasteiger partial charge >= 0.3 is 18.3 Å². The van der Waals surface area contributed by atoms with Crippen LogP contribution in [0.15, 0.2) is 207 Å². The second kappa shape index (κ2) is 72.9. The van der Waals surface area contributed by atoms with Crippen molar-refractivity contribution in [2.45, 2.75) is 274 Å². The lowest BCUT2D eigenvalue weighted by molar-refractivity contribution is -0.301. The SMILES string of the molecule is C#CC.C1=COC(COCc2ccccc2)CC1.CC(=O)C(=O)OC1(C(F)(F)F)CCC(COCc2ccccc2)OC1.CPC.C[C@@H]1CC[C@@H](C=O)OC1.C[C@@H]1CC[C@@H](CO)OC1.C[C@H]1CC[C@H](COCc2ccccc2)OC1.O=C1CCC(COCc2ccccc2)OC1.OC1(C(F)(F)F)CCC(COCc2ccccc2)OC1.OC1CCC(COCc2ccccc2)OC1.OCC1CCC=CO1. The highest BCUT2D eigenvalue weighted by molar-refractivity contribution is 7.35. The minimum absolute atomic E-state index is 0.000511. The summed E-state index contributed by atoms with van der Waals surface area (Å²) in [5.74, 6) is 1.88. The van der Waals surface area contributed by atoms with Crippen LogP contribution in [-0.2, 0) is 135 Å². The van der Waals surface area contributed by atoms with E-state index in [9.17, 15) is 55.7 Å². The van der Waals surface area contributed by atoms with Gasteiger partial charge in [0.15, 0.2) is 11.4 Å². The average Bonchev–Trinajstić information content (AvgIpc) is 0.711. The molecule has 7 fully saturated rings. The molecule has 9 aliphatic heterocycles. The van der Waals surface area contributed by atoms with E-state index in [1.165, 1.54) is 29.5 Å². The number of carbonyl (C=O) groups excluding carboxylic acids is 4. The third-order valence-corrected chi connectivity index (χ3v) is 22.9. The maximum Gasteiger partial charge on any atom is 0.430 e. The fourth-order valence-corrected chi connectivity index (χ4v) is 14.3. The van der Waals surface area contributed by atoms with Crippen molar-refractivity contribution >= 4 is 32.4 Å². The van der Waals surface area contributed by atoms with Crippen molar-refractivity contribution in [2.24, 2.45) is 17.8 Å². The van der Waals surface area contributed by atoms with Gasteiger partial charge in [0.2, 0.25) is 11.4 Å². The van der Waals surface area contributed by atoms with E-state index in [0.717, 1.165) is 136 Å². The molecule has 15 atom stereocenters. The van der Waals surface area contributed by atoms with Gasteiger partial charge in [-0.25, -0.2) is 4.79 Å². The molecule has 0 bridgehead atoms. The summed E-state index contributed by atoms with van der Waals surface area (Å²) >= 11 is 0. The van der Waals surface area contributed by atoms with Crippen molar-refractivity contribution in [1.82, 2.24) is 0 Å². The van der Waals surface area contributed by atoms with Crippen molar-refractivity contribution in [3.63, 3.8) is 0 Å². The Bertz CT molecular complexity index is 4120. The number of benzene rings is 6. The molecule has 6 aromatic carbocycles. The molecular weight excluding hydrogens is 1840 g/mol. The second-order valence-electron chi connectivity index (χ2n) is 35.6. The van der Waals surface area contributed by atoms with E-state index in [-0.39, 0.29) is 101 Å². The average molecular weight is 1990 g/mol. The third-order valence-electron chi connectivity index (χ3n) is 22.9. The topological polar surface area (TPSA) is 297 Å². The fraction of sp³-hybridized carbons (Fsp3) is 0.578. The molecule has 0 amide bonds. The Hall–Kier alpha value is -8.23. The van der Waals surface area contributed by atoms with E-state index in [1.54, 1.807) is 19.4 Å². The predicted molar refractivity (Wildman–Crippen MR) is 526 cm³/mol. The number of esters is 1. The van der Waals surface area contributed by atoms with Gasteiger partial charge in [-0.2, -0.15) is 26.3 Å². The standard InChI is InChI=1S/C17H19F3O5.C14H17F3O3.C14H20O2.C13H18O3.C13H16O3.C13H16O2.C7H14O2.C7H12O2.C6H10O2.C3H4.C2H7P/c1-12(21)15(22)25-16(17(18,19)20)8-7-14(24-11-16)10-23-9-13-5-3-2-4-6-13;15-14(16,17)13(18)7-6-12(20-10-13)9-19-8-11-4-2-1-3-5-11;1-12-7-8-14(16-9-12)11-15-10-13-5-3-2-4-6-13;2*14-12-6-7-13(16-9-12)10-15-8-11-4-2-1-3-5-11;1-2-6-12(7-3-1)10-14-11-13-8-4-5-9-15-13;2*1-6-2-3-7(4-8)9-5-6;7-5-6-3-1-2-4-8-6;2*1-3-2/h2-6,14H,7-11H2,1H3;1-5,12,18H,6-10H2;2-6,12,14H,7-11H2,1H3;1-5,12-14H,6-10H2;1-5,13H,6-10H2;1-3,5-7,9,13H,4,8,10-11H2;6-8H,2-5H2,1H3;4,6-7H,2-3,5H2,1H3;2,4,6-7H,1,3,5H2;1H,2H3;3H,1-2H3/t;;12-,14+;;;;2*6-,7+;;;/m..0...11.../s1. The Morgan fingerprint density at radius 3 is 1.05 bits per heavy atom. The lowest BCUT2D eigenvalue weighted by Crippen LogP contribution is -2.57. The van der Waals surface area contributed by atoms with Crippen LogP contribution in [0, 0.1) is 30.1 Å². The molecule has 6 aromatic rings. The molecule has 15 rings (SSSR count). The maximum atomic E-state index is 13.3. The first kappa shape index (κ1) is 122. The highest BCUT2D eigenvalue weighted by Crippen LogP contribution is 2.42. The van der Waals surface area contributed by atoms with E-state index >= 15 is 0 Å². The first-order valence-electron chi connectivity index (χ1n) is 48.6. The summed E-state index contributed by atoms with van der Waals surface area (Å²) in [7, 11) is 1.08. The zero-order valence-electron chi connectivity index (χ0n) is 82.6. The molecule has 24 nitrogen and oxygen atoms in total. The minimum atomic E-state index is -4.83. The molecule has 0 aliphatic carbocycles. The van der Waals surface area contributed by atoms with E-state index in [4.69, 9.17) is 81.3 Å². The number of Topliss-reactive ketones (excluding diaryl/α,β-unsaturated/α-hetero) is 2. The van der Waals surface area contributed by atoms with Crippen LogP contribution in [0.4, 0.5) is 26.3 Å². The van der Waals surface area contributed by atoms with Crippen LogP contribution < -0.4 is 0 Å². The van der Waals surface area contributed by atoms with E-state index < -0.39 is 67.1 Å². The van der Waals surface area contributed by atoms with E-state index in [0.29, 0.717) is 96.3 Å². The number of aldehydes is 1. The zero-order chi connectivity index (χ0) is 102. The number of alkyl halides is 6. The van der Waals surface area contributed by atoms with Crippen molar-refractivity contribution in [3.05, 3.63) is 240 Å². The number of ketones is 2. The molecule has 0 saturated carbocycles. The Morgan fingerprint density at radius 2 is 0.779 bits per heavy atom. The number of halogens is 6. The Balaban J connectivity index is 0.000000280. The van der Waals surface area contributed by atoms with Crippen LogP contribution in [0.1, 0.15) is 184 Å². The smallest absolute Gasteiger partial charge is 0.430 e. The van der Waals surface area contributed by atoms with Crippen LogP contribution in [0.2, 0.25) is 0 Å². The molecule has 9 unspecified atom stereocenters. The largest absolute Gasteiger partial charge is 0.496 e. The molecular formula is C109H153F6O24P. The van der Waals surface area contributed by atoms with Gasteiger partial charge in [0, 0.05) is 33.0 Å². The van der Waals surface area contributed by atoms with Gasteiger partial charge in [0.05, 0.1) is 174 Å². The van der Waals surface area contributed by atoms with Gasteiger partial charge in [0.1, 0.15) is 31.2 Å². The van der Waals surface area contributed by atoms with Gasteiger partial charge in [0.25, 0.3) is 0 Å². The number of ether oxygens (including phenoxy) is 16. The number of rotatable bonds is 29. The van der Waals surface area contributed by atoms with E-state index in [2.05, 4.69) is 75.4 Å². The molecule has 140 heavy (non-hydrogen) atoms. The third kappa shape index (κ3) is 54.5. The highest BCUT2D eigenvalue weighted by Gasteiger charge is 2.61. The van der Waals surface area contributed by atoms with Gasteiger partial charge in [-0.1, -0.05) is 203 Å². The number of hydrogen-bond acceptors (Lipinski definition) is 24. The fourth-order valence-electron chi connectivity index (χ4n) is 14.3. The molecule has 7 saturated heterocycles. The molecule has 9 aliphatic rings. The van der Waals surface area contributed by atoms with Crippen LogP contribution in [0.5, 0.6) is 0 Å². The first-order chi connectivity index (χ1) is 67.5. The first-order valence-corrected chi connectivity index (χ1v) is 50.6. The Labute approximate surface area is 827 Å². The molecule has 31 heteroatoms. The van der Waals surface area contributed by atoms with Crippen LogP contribution in [0.25, 0.3) is 0 Å². The van der Waals surface area contributed by atoms with Gasteiger partial charge in [-0.05, 0) is 186 Å². The Kier molecular flexibility index (Phi) is 63.7. The monoisotopic (exact) mass is 1990 g/mol. The number of allylic oxidation sites excluding steroid dienone is 2. The second-order valence-corrected chi connectivity index (χ2v) is 36.6. The number of aliphatic hydroxyl groups is 4. The molecule has 4 N–H and O–H groups in total. The summed E-state index contributed by atoms with van der Waals surface area (Å²) in [6.07, 6.45) is 16.3. The molecule has 9 heterocycles. The molecule has 780 valence electrons. The van der Waals surface area contributed by atoms with Crippen molar-refractivity contribution < 1.29 is 142 Å². The van der Waals surface area contributed by atoms with Gasteiger partial charge in [-0.3, -0.25) is 9.59 Å². The summed E-state index contributed by atoms with van der Waals surface area (Å²) in [4.78, 5) is 43.3. The van der Waals surface area contributed by atoms with Crippen molar-refractivity contribution in [3.8, 4) is 12.3 Å². The molecule has 0 radical (unpaired) electrons. The summed E-state index contributed by atoms with van der Waals surface area (Å²) in [6.45, 7) is 21.5. The number of terminal acetylenes is 1. The van der Waals surface area contributed by atoms with Crippen molar-refractivity contribution in [2.75, 3.05) is 112 Å². The van der Waals surface area contributed by atoms with E-state index in [1.807, 2.05) is 170 Å². The predicted octanol–water partition coefficient (Wildman–Crippen LogP) is 19.1. The van der Waals surface area contributed by atoms with Crippen LogP contribution in [0.3, 0.4) is 0 Å². The number of carbonyl (C=O) groups is 4. The minimum Gasteiger partial charge on any atom is -0.496 e. The van der Waals surface area contributed by atoms with Crippen molar-refractivity contribution in [1.29, 1.82) is 0 Å². The summed E-state index contributed by atoms with van der Waals surface area (Å²) in [5, 5.41) is 35.9. The van der Waals surface area contributed by atoms with Gasteiger partial charge in [-0.15, -0.1) is 20.9 Å². The number of hydrogen-bond donors (Lipinski definition) is 4. The highest BCUT2D eigenvalue weighted by atomic mass is 31.1. The summed E-state index contributed by atoms with van der Waals surface area (Å²) < 4.78 is 163. The molecule has 0 spiro atoms. The zero-order valence-corrected chi connectivity index (χ0v) is 83.6. The number of aliphatic hydroxyl groups excluding tert-OH is 3. The summed E-state index contributed by atoms with van der Waals surface area (Å²) in [6, 6.07) is 59.4.